The molecule has 1 saturated carbocycles. The normalized spacial score (nSPS) is 33.6. The van der Waals surface area contributed by atoms with Gasteiger partial charge in [0.1, 0.15) is 0 Å². The Morgan fingerprint density at radius 3 is 2.71 bits per heavy atom. The summed E-state index contributed by atoms with van der Waals surface area (Å²) in [5, 5.41) is 0. The summed E-state index contributed by atoms with van der Waals surface area (Å²) < 4.78 is 5.61. The van der Waals surface area contributed by atoms with E-state index in [0.717, 1.165) is 23.3 Å². The van der Waals surface area contributed by atoms with Crippen LogP contribution in [0.1, 0.15) is 46.5 Å². The molecule has 0 radical (unpaired) electrons. The van der Waals surface area contributed by atoms with E-state index in [9.17, 15) is 0 Å². The molecule has 0 aromatic heterocycles. The molecule has 14 heavy (non-hydrogen) atoms. The van der Waals surface area contributed by atoms with E-state index in [1.54, 1.807) is 0 Å². The molecule has 0 heterocycles. The minimum Gasteiger partial charge on any atom is -0.379 e. The Hall–Kier alpha value is 0.440. The fraction of sp³-hybridized carbons (Fsp3) is 1.00. The number of ether oxygens (including phenoxy) is 1. The van der Waals surface area contributed by atoms with Crippen molar-refractivity contribution in [3.63, 3.8) is 0 Å². The SMILES string of the molecule is CC1CCC(Br)C(CCOC(C)C)C1. The number of hydrogen-bond acceptors (Lipinski definition) is 1. The summed E-state index contributed by atoms with van der Waals surface area (Å²) >= 11 is 3.79. The van der Waals surface area contributed by atoms with Crippen molar-refractivity contribution >= 4 is 15.9 Å². The van der Waals surface area contributed by atoms with E-state index in [0.29, 0.717) is 6.10 Å². The Kier molecular flexibility index (Phi) is 5.47. The molecule has 3 atom stereocenters. The van der Waals surface area contributed by atoms with Crippen molar-refractivity contribution in [2.24, 2.45) is 11.8 Å². The van der Waals surface area contributed by atoms with Crippen LogP contribution in [0.5, 0.6) is 0 Å². The Labute approximate surface area is 96.7 Å². The number of halogens is 1. The lowest BCUT2D eigenvalue weighted by Gasteiger charge is -2.31. The van der Waals surface area contributed by atoms with Crippen molar-refractivity contribution in [1.82, 2.24) is 0 Å². The Balaban J connectivity index is 2.20. The van der Waals surface area contributed by atoms with Gasteiger partial charge in [-0.25, -0.2) is 0 Å². The molecule has 0 amide bonds. The molecule has 1 aliphatic carbocycles. The largest absolute Gasteiger partial charge is 0.379 e. The highest BCUT2D eigenvalue weighted by atomic mass is 79.9. The average Bonchev–Trinajstić information content (AvgIpc) is 2.10. The van der Waals surface area contributed by atoms with Crippen molar-refractivity contribution in [1.29, 1.82) is 0 Å². The van der Waals surface area contributed by atoms with Gasteiger partial charge in [0.2, 0.25) is 0 Å². The molecule has 84 valence electrons. The van der Waals surface area contributed by atoms with Crippen LogP contribution in [0.25, 0.3) is 0 Å². The van der Waals surface area contributed by atoms with Gasteiger partial charge in [-0.1, -0.05) is 22.9 Å². The fourth-order valence-corrected chi connectivity index (χ4v) is 2.96. The van der Waals surface area contributed by atoms with Crippen molar-refractivity contribution < 1.29 is 4.74 Å². The highest BCUT2D eigenvalue weighted by Gasteiger charge is 2.26. The molecule has 0 spiro atoms. The van der Waals surface area contributed by atoms with Gasteiger partial charge in [0.05, 0.1) is 6.10 Å². The predicted octanol–water partition coefficient (Wildman–Crippen LogP) is 4.00. The van der Waals surface area contributed by atoms with Crippen LogP contribution in [0.15, 0.2) is 0 Å². The topological polar surface area (TPSA) is 9.23 Å². The molecular weight excluding hydrogens is 240 g/mol. The van der Waals surface area contributed by atoms with Gasteiger partial charge in [-0.05, 0) is 51.4 Å². The Morgan fingerprint density at radius 2 is 2.07 bits per heavy atom. The third-order valence-corrected chi connectivity index (χ3v) is 4.30. The molecule has 3 unspecified atom stereocenters. The van der Waals surface area contributed by atoms with Crippen LogP contribution in [-0.4, -0.2) is 17.5 Å². The second-order valence-corrected chi connectivity index (χ2v) is 6.08. The Morgan fingerprint density at radius 1 is 1.36 bits per heavy atom. The van der Waals surface area contributed by atoms with Crippen LogP contribution in [-0.2, 0) is 4.74 Å². The lowest BCUT2D eigenvalue weighted by molar-refractivity contribution is 0.0634. The first kappa shape index (κ1) is 12.5. The lowest BCUT2D eigenvalue weighted by Crippen LogP contribution is -2.25. The van der Waals surface area contributed by atoms with Crippen LogP contribution >= 0.6 is 15.9 Å². The third kappa shape index (κ3) is 4.31. The molecule has 2 heteroatoms. The standard InChI is InChI=1S/C12H23BrO/c1-9(2)14-7-6-11-8-10(3)4-5-12(11)13/h9-12H,4-8H2,1-3H3. The van der Waals surface area contributed by atoms with Crippen LogP contribution < -0.4 is 0 Å². The van der Waals surface area contributed by atoms with Crippen molar-refractivity contribution in [3.05, 3.63) is 0 Å². The van der Waals surface area contributed by atoms with E-state index >= 15 is 0 Å². The smallest absolute Gasteiger partial charge is 0.0518 e. The highest BCUT2D eigenvalue weighted by molar-refractivity contribution is 9.09. The maximum atomic E-state index is 5.61. The molecule has 1 aliphatic rings. The molecule has 0 bridgehead atoms. The van der Waals surface area contributed by atoms with E-state index in [4.69, 9.17) is 4.74 Å². The summed E-state index contributed by atoms with van der Waals surface area (Å²) in [6, 6.07) is 0. The van der Waals surface area contributed by atoms with Gasteiger partial charge in [0.15, 0.2) is 0 Å². The van der Waals surface area contributed by atoms with Crippen molar-refractivity contribution in [3.8, 4) is 0 Å². The number of hydrogen-bond donors (Lipinski definition) is 0. The molecule has 0 saturated heterocycles. The zero-order chi connectivity index (χ0) is 10.6. The van der Waals surface area contributed by atoms with Crippen LogP contribution in [0.3, 0.4) is 0 Å². The maximum absolute atomic E-state index is 5.61. The summed E-state index contributed by atoms with van der Waals surface area (Å²) in [5.74, 6) is 1.74. The zero-order valence-electron chi connectivity index (χ0n) is 9.63. The zero-order valence-corrected chi connectivity index (χ0v) is 11.2. The van der Waals surface area contributed by atoms with E-state index in [2.05, 4.69) is 36.7 Å². The van der Waals surface area contributed by atoms with Crippen molar-refractivity contribution in [2.75, 3.05) is 6.61 Å². The Bertz CT molecular complexity index is 158. The first-order valence-corrected chi connectivity index (χ1v) is 6.76. The van der Waals surface area contributed by atoms with Crippen LogP contribution in [0, 0.1) is 11.8 Å². The molecule has 0 N–H and O–H groups in total. The van der Waals surface area contributed by atoms with Gasteiger partial charge >= 0.3 is 0 Å². The van der Waals surface area contributed by atoms with Gasteiger partial charge in [0, 0.05) is 11.4 Å². The third-order valence-electron chi connectivity index (χ3n) is 3.09. The van der Waals surface area contributed by atoms with E-state index in [-0.39, 0.29) is 0 Å². The maximum Gasteiger partial charge on any atom is 0.0518 e. The molecule has 1 fully saturated rings. The number of alkyl halides is 1. The van der Waals surface area contributed by atoms with E-state index in [1.165, 1.54) is 25.7 Å². The van der Waals surface area contributed by atoms with Gasteiger partial charge in [-0.3, -0.25) is 0 Å². The van der Waals surface area contributed by atoms with Crippen LogP contribution in [0.4, 0.5) is 0 Å². The van der Waals surface area contributed by atoms with Gasteiger partial charge in [0.25, 0.3) is 0 Å². The summed E-state index contributed by atoms with van der Waals surface area (Å²) in [6.07, 6.45) is 5.70. The van der Waals surface area contributed by atoms with E-state index in [1.807, 2.05) is 0 Å². The summed E-state index contributed by atoms with van der Waals surface area (Å²) in [7, 11) is 0. The van der Waals surface area contributed by atoms with E-state index < -0.39 is 0 Å². The molecule has 0 aromatic rings. The lowest BCUT2D eigenvalue weighted by atomic mass is 9.81. The summed E-state index contributed by atoms with van der Waals surface area (Å²) in [5.41, 5.74) is 0. The summed E-state index contributed by atoms with van der Waals surface area (Å²) in [6.45, 7) is 7.51. The van der Waals surface area contributed by atoms with Gasteiger partial charge in [-0.15, -0.1) is 0 Å². The molecule has 1 nitrogen and oxygen atoms in total. The fourth-order valence-electron chi connectivity index (χ4n) is 2.22. The molecule has 0 aromatic carbocycles. The highest BCUT2D eigenvalue weighted by Crippen LogP contribution is 2.35. The summed E-state index contributed by atoms with van der Waals surface area (Å²) in [4.78, 5) is 0.731. The number of rotatable bonds is 4. The predicted molar refractivity (Wildman–Crippen MR) is 64.9 cm³/mol. The monoisotopic (exact) mass is 262 g/mol. The van der Waals surface area contributed by atoms with Crippen molar-refractivity contribution in [2.45, 2.75) is 57.4 Å². The molecule has 1 rings (SSSR count). The van der Waals surface area contributed by atoms with Gasteiger partial charge in [-0.2, -0.15) is 0 Å². The second kappa shape index (κ2) is 6.12. The molecule has 0 aliphatic heterocycles. The first-order valence-electron chi connectivity index (χ1n) is 5.85. The van der Waals surface area contributed by atoms with Gasteiger partial charge < -0.3 is 4.74 Å². The first-order chi connectivity index (χ1) is 6.59. The average molecular weight is 263 g/mol. The quantitative estimate of drug-likeness (QED) is 0.696. The second-order valence-electron chi connectivity index (χ2n) is 4.90. The minimum atomic E-state index is 0.379. The van der Waals surface area contributed by atoms with Crippen LogP contribution in [0.2, 0.25) is 0 Å². The minimum absolute atomic E-state index is 0.379. The molecular formula is C12H23BrO.